The van der Waals surface area contributed by atoms with E-state index in [9.17, 15) is 5.11 Å². The van der Waals surface area contributed by atoms with Gasteiger partial charge in [-0.05, 0) is 31.0 Å². The zero-order valence-corrected chi connectivity index (χ0v) is 13.3. The highest BCUT2D eigenvalue weighted by molar-refractivity contribution is 5.82. The van der Waals surface area contributed by atoms with Crippen LogP contribution in [0.2, 0.25) is 0 Å². The zero-order chi connectivity index (χ0) is 15.1. The van der Waals surface area contributed by atoms with Crippen LogP contribution in [0.5, 0.6) is 0 Å². The number of aliphatic hydroxyl groups is 1. The summed E-state index contributed by atoms with van der Waals surface area (Å²) in [5, 5.41) is 11.6. The molecule has 0 fully saturated rings. The Morgan fingerprint density at radius 3 is 2.57 bits per heavy atom. The van der Waals surface area contributed by atoms with Gasteiger partial charge in [0.2, 0.25) is 0 Å². The van der Waals surface area contributed by atoms with Gasteiger partial charge in [-0.1, -0.05) is 63.6 Å². The average molecular weight is 285 g/mol. The lowest BCUT2D eigenvalue weighted by molar-refractivity contribution is 0.164. The molecule has 2 aromatic rings. The number of hydrogen-bond donors (Lipinski definition) is 1. The van der Waals surface area contributed by atoms with Gasteiger partial charge in [-0.25, -0.2) is 0 Å². The number of aliphatic hydroxyl groups excluding tert-OH is 1. The number of benzene rings is 1. The second-order valence-electron chi connectivity index (χ2n) is 5.94. The number of aromatic nitrogens is 1. The molecule has 1 unspecified atom stereocenters. The summed E-state index contributed by atoms with van der Waals surface area (Å²) in [6.07, 6.45) is 8.02. The van der Waals surface area contributed by atoms with Gasteiger partial charge in [0.05, 0.1) is 11.6 Å². The molecule has 21 heavy (non-hydrogen) atoms. The molecule has 0 radical (unpaired) electrons. The molecule has 1 heterocycles. The number of fused-ring (bicyclic) bond motifs is 1. The van der Waals surface area contributed by atoms with E-state index in [1.807, 2.05) is 31.2 Å². The third-order valence-corrected chi connectivity index (χ3v) is 4.07. The Morgan fingerprint density at radius 1 is 1.05 bits per heavy atom. The highest BCUT2D eigenvalue weighted by atomic mass is 16.3. The Balaban J connectivity index is 1.97. The fraction of sp³-hybridized carbons (Fsp3) is 0.526. The summed E-state index contributed by atoms with van der Waals surface area (Å²) in [5.74, 6) is 0. The molecule has 1 aromatic carbocycles. The SMILES string of the molecule is CCCCCCCCC(O)c1cc(C)nc2ccccc12. The van der Waals surface area contributed by atoms with E-state index in [0.717, 1.165) is 35.0 Å². The molecular formula is C19H27NO. The fourth-order valence-corrected chi connectivity index (χ4v) is 2.89. The average Bonchev–Trinajstić information content (AvgIpc) is 2.49. The molecule has 0 saturated carbocycles. The minimum Gasteiger partial charge on any atom is -0.388 e. The van der Waals surface area contributed by atoms with E-state index in [1.165, 1.54) is 32.1 Å². The molecule has 114 valence electrons. The van der Waals surface area contributed by atoms with Gasteiger partial charge in [-0.15, -0.1) is 0 Å². The van der Waals surface area contributed by atoms with E-state index in [-0.39, 0.29) is 6.10 Å². The van der Waals surface area contributed by atoms with Gasteiger partial charge in [-0.3, -0.25) is 4.98 Å². The first-order chi connectivity index (χ1) is 10.2. The first-order valence-electron chi connectivity index (χ1n) is 8.26. The Morgan fingerprint density at radius 2 is 1.76 bits per heavy atom. The zero-order valence-electron chi connectivity index (χ0n) is 13.3. The quantitative estimate of drug-likeness (QED) is 0.665. The van der Waals surface area contributed by atoms with Crippen LogP contribution < -0.4 is 0 Å². The van der Waals surface area contributed by atoms with Crippen molar-refractivity contribution in [2.75, 3.05) is 0 Å². The van der Waals surface area contributed by atoms with Crippen LogP contribution in [0.1, 0.15) is 69.2 Å². The van der Waals surface area contributed by atoms with Crippen LogP contribution in [0, 0.1) is 6.92 Å². The van der Waals surface area contributed by atoms with E-state index < -0.39 is 0 Å². The maximum Gasteiger partial charge on any atom is 0.0797 e. The van der Waals surface area contributed by atoms with Crippen molar-refractivity contribution in [3.63, 3.8) is 0 Å². The van der Waals surface area contributed by atoms with Crippen LogP contribution in [-0.2, 0) is 0 Å². The van der Waals surface area contributed by atoms with Crippen molar-refractivity contribution in [1.82, 2.24) is 4.98 Å². The number of aryl methyl sites for hydroxylation is 1. The van der Waals surface area contributed by atoms with Crippen molar-refractivity contribution in [2.45, 2.75) is 64.9 Å². The fourth-order valence-electron chi connectivity index (χ4n) is 2.89. The number of hydrogen-bond acceptors (Lipinski definition) is 2. The predicted molar refractivity (Wildman–Crippen MR) is 89.4 cm³/mol. The molecular weight excluding hydrogens is 258 g/mol. The molecule has 2 nitrogen and oxygen atoms in total. The Hall–Kier alpha value is -1.41. The van der Waals surface area contributed by atoms with Gasteiger partial charge < -0.3 is 5.11 Å². The van der Waals surface area contributed by atoms with Crippen molar-refractivity contribution in [3.05, 3.63) is 41.6 Å². The van der Waals surface area contributed by atoms with Crippen molar-refractivity contribution in [2.24, 2.45) is 0 Å². The number of pyridine rings is 1. The molecule has 0 aliphatic heterocycles. The molecule has 0 amide bonds. The van der Waals surface area contributed by atoms with Crippen LogP contribution in [0.15, 0.2) is 30.3 Å². The summed E-state index contributed by atoms with van der Waals surface area (Å²) in [5.41, 5.74) is 2.99. The van der Waals surface area contributed by atoms with Crippen molar-refractivity contribution in [3.8, 4) is 0 Å². The van der Waals surface area contributed by atoms with E-state index in [4.69, 9.17) is 0 Å². The second kappa shape index (κ2) is 8.14. The Kier molecular flexibility index (Phi) is 6.19. The minimum atomic E-state index is -0.372. The smallest absolute Gasteiger partial charge is 0.0797 e. The summed E-state index contributed by atoms with van der Waals surface area (Å²) < 4.78 is 0. The Bertz CT molecular complexity index is 564. The molecule has 1 N–H and O–H groups in total. The van der Waals surface area contributed by atoms with Gasteiger partial charge in [0.15, 0.2) is 0 Å². The number of unbranched alkanes of at least 4 members (excludes halogenated alkanes) is 5. The van der Waals surface area contributed by atoms with Gasteiger partial charge in [0.25, 0.3) is 0 Å². The van der Waals surface area contributed by atoms with Crippen LogP contribution >= 0.6 is 0 Å². The van der Waals surface area contributed by atoms with E-state index >= 15 is 0 Å². The molecule has 2 rings (SSSR count). The maximum absolute atomic E-state index is 10.5. The van der Waals surface area contributed by atoms with Crippen LogP contribution in [0.3, 0.4) is 0 Å². The molecule has 2 heteroatoms. The van der Waals surface area contributed by atoms with Crippen LogP contribution in [0.4, 0.5) is 0 Å². The summed E-state index contributed by atoms with van der Waals surface area (Å²) in [7, 11) is 0. The lowest BCUT2D eigenvalue weighted by Gasteiger charge is -2.14. The lowest BCUT2D eigenvalue weighted by atomic mass is 9.98. The normalized spacial score (nSPS) is 12.7. The first kappa shape index (κ1) is 16.0. The molecule has 1 aromatic heterocycles. The largest absolute Gasteiger partial charge is 0.388 e. The highest BCUT2D eigenvalue weighted by Crippen LogP contribution is 2.27. The van der Waals surface area contributed by atoms with Gasteiger partial charge >= 0.3 is 0 Å². The standard InChI is InChI=1S/C19H27NO/c1-3-4-5-6-7-8-13-19(21)17-14-15(2)20-18-12-10-9-11-16(17)18/h9-12,14,19,21H,3-8,13H2,1-2H3. The third-order valence-electron chi connectivity index (χ3n) is 4.07. The molecule has 1 atom stereocenters. The Labute approximate surface area is 128 Å². The first-order valence-corrected chi connectivity index (χ1v) is 8.26. The monoisotopic (exact) mass is 285 g/mol. The summed E-state index contributed by atoms with van der Waals surface area (Å²) in [6.45, 7) is 4.23. The third kappa shape index (κ3) is 4.53. The predicted octanol–water partition coefficient (Wildman–Crippen LogP) is 5.33. The highest BCUT2D eigenvalue weighted by Gasteiger charge is 2.12. The summed E-state index contributed by atoms with van der Waals surface area (Å²) >= 11 is 0. The van der Waals surface area contributed by atoms with E-state index in [2.05, 4.69) is 18.0 Å². The van der Waals surface area contributed by atoms with Crippen LogP contribution in [0.25, 0.3) is 10.9 Å². The molecule has 0 aliphatic carbocycles. The topological polar surface area (TPSA) is 33.1 Å². The number of rotatable bonds is 8. The van der Waals surface area contributed by atoms with Gasteiger partial charge in [0.1, 0.15) is 0 Å². The van der Waals surface area contributed by atoms with Gasteiger partial charge in [0, 0.05) is 11.1 Å². The summed E-state index contributed by atoms with van der Waals surface area (Å²) in [4.78, 5) is 4.54. The molecule has 0 saturated heterocycles. The molecule has 0 aliphatic rings. The van der Waals surface area contributed by atoms with Crippen molar-refractivity contribution < 1.29 is 5.11 Å². The van der Waals surface area contributed by atoms with Gasteiger partial charge in [-0.2, -0.15) is 0 Å². The van der Waals surface area contributed by atoms with Crippen molar-refractivity contribution >= 4 is 10.9 Å². The number of para-hydroxylation sites is 1. The maximum atomic E-state index is 10.5. The second-order valence-corrected chi connectivity index (χ2v) is 5.94. The number of nitrogens with zero attached hydrogens (tertiary/aromatic N) is 1. The minimum absolute atomic E-state index is 0.372. The van der Waals surface area contributed by atoms with E-state index in [0.29, 0.717) is 0 Å². The molecule has 0 bridgehead atoms. The van der Waals surface area contributed by atoms with Crippen molar-refractivity contribution in [1.29, 1.82) is 0 Å². The lowest BCUT2D eigenvalue weighted by Crippen LogP contribution is -2.01. The van der Waals surface area contributed by atoms with Crippen LogP contribution in [-0.4, -0.2) is 10.1 Å². The summed E-state index contributed by atoms with van der Waals surface area (Å²) in [6, 6.07) is 10.1. The van der Waals surface area contributed by atoms with E-state index in [1.54, 1.807) is 0 Å². The molecule has 0 spiro atoms.